The number of alkyl halides is 5. The summed E-state index contributed by atoms with van der Waals surface area (Å²) in [6, 6.07) is 0. The minimum absolute atomic E-state index is 0.162. The Bertz CT molecular complexity index is 111. The molecule has 0 radical (unpaired) electrons. The van der Waals surface area contributed by atoms with Crippen LogP contribution in [0.3, 0.4) is 0 Å². The van der Waals surface area contributed by atoms with Crippen LogP contribution in [-0.4, -0.2) is 42.7 Å². The highest BCUT2D eigenvalue weighted by Crippen LogP contribution is 2.16. The molecule has 0 N–H and O–H groups in total. The van der Waals surface area contributed by atoms with Crippen LogP contribution >= 0.6 is 15.9 Å². The third kappa shape index (κ3) is 6.84. The lowest BCUT2D eigenvalue weighted by molar-refractivity contribution is -0.145. The van der Waals surface area contributed by atoms with Crippen LogP contribution in [0, 0.1) is 0 Å². The summed E-state index contributed by atoms with van der Waals surface area (Å²) >= 11 is 3.00. The fourth-order valence-electron chi connectivity index (χ4n) is 0.763. The summed E-state index contributed by atoms with van der Waals surface area (Å²) < 4.78 is 47.0. The Labute approximate surface area is 76.9 Å². The average Bonchev–Trinajstić information content (AvgIpc) is 1.84. The molecule has 0 heterocycles. The molecule has 6 heteroatoms. The van der Waals surface area contributed by atoms with E-state index >= 15 is 0 Å². The first-order valence-electron chi connectivity index (χ1n) is 3.40. The number of hydrogen-bond donors (Lipinski definition) is 0. The second-order valence-electron chi connectivity index (χ2n) is 2.27. The number of nitrogens with zero attached hydrogens (tertiary/aromatic N) is 1. The van der Waals surface area contributed by atoms with E-state index in [2.05, 4.69) is 15.9 Å². The van der Waals surface area contributed by atoms with E-state index in [1.165, 1.54) is 0 Å². The van der Waals surface area contributed by atoms with Gasteiger partial charge in [-0.15, -0.1) is 0 Å². The standard InChI is InChI=1S/C6H10BrF4N/c7-1-3-12(4-2-8)5-6(9,10)11/h1-5H2. The minimum atomic E-state index is -4.24. The molecular formula is C6H10BrF4N. The van der Waals surface area contributed by atoms with Crippen molar-refractivity contribution in [1.29, 1.82) is 0 Å². The topological polar surface area (TPSA) is 3.24 Å². The minimum Gasteiger partial charge on any atom is -0.292 e. The van der Waals surface area contributed by atoms with Gasteiger partial charge in [0.2, 0.25) is 0 Å². The lowest BCUT2D eigenvalue weighted by Crippen LogP contribution is -2.36. The third-order valence-corrected chi connectivity index (χ3v) is 1.56. The smallest absolute Gasteiger partial charge is 0.292 e. The summed E-state index contributed by atoms with van der Waals surface area (Å²) in [4.78, 5) is 1.02. The van der Waals surface area contributed by atoms with Gasteiger partial charge < -0.3 is 0 Å². The molecule has 0 aliphatic heterocycles. The maximum atomic E-state index is 11.8. The molecule has 0 saturated carbocycles. The maximum Gasteiger partial charge on any atom is 0.401 e. The van der Waals surface area contributed by atoms with Gasteiger partial charge >= 0.3 is 6.18 Å². The molecule has 0 bridgehead atoms. The van der Waals surface area contributed by atoms with Gasteiger partial charge in [0.15, 0.2) is 0 Å². The Balaban J connectivity index is 3.77. The quantitative estimate of drug-likeness (QED) is 0.535. The molecule has 74 valence electrons. The van der Waals surface area contributed by atoms with Gasteiger partial charge in [0.1, 0.15) is 6.67 Å². The molecule has 0 aromatic carbocycles. The molecule has 0 rings (SSSR count). The van der Waals surface area contributed by atoms with Gasteiger partial charge in [0, 0.05) is 18.4 Å². The van der Waals surface area contributed by atoms with Crippen LogP contribution in [0.25, 0.3) is 0 Å². The van der Waals surface area contributed by atoms with Crippen molar-refractivity contribution in [1.82, 2.24) is 4.90 Å². The molecular weight excluding hydrogens is 242 g/mol. The normalized spacial score (nSPS) is 12.5. The van der Waals surface area contributed by atoms with Gasteiger partial charge in [-0.05, 0) is 0 Å². The fourth-order valence-corrected chi connectivity index (χ4v) is 1.26. The monoisotopic (exact) mass is 251 g/mol. The number of rotatable bonds is 5. The molecule has 12 heavy (non-hydrogen) atoms. The third-order valence-electron chi connectivity index (χ3n) is 1.20. The van der Waals surface area contributed by atoms with E-state index in [0.29, 0.717) is 5.33 Å². The maximum absolute atomic E-state index is 11.8. The Morgan fingerprint density at radius 2 is 1.75 bits per heavy atom. The van der Waals surface area contributed by atoms with Crippen molar-refractivity contribution in [2.75, 3.05) is 31.6 Å². The van der Waals surface area contributed by atoms with Gasteiger partial charge in [-0.25, -0.2) is 4.39 Å². The molecule has 0 aromatic heterocycles. The second kappa shape index (κ2) is 5.75. The average molecular weight is 252 g/mol. The number of hydrogen-bond acceptors (Lipinski definition) is 1. The molecule has 1 nitrogen and oxygen atoms in total. The van der Waals surface area contributed by atoms with Gasteiger partial charge in [0.05, 0.1) is 6.54 Å². The van der Waals surface area contributed by atoms with Gasteiger partial charge in [-0.1, -0.05) is 15.9 Å². The SMILES string of the molecule is FCCN(CCBr)CC(F)(F)F. The first kappa shape index (κ1) is 12.2. The highest BCUT2D eigenvalue weighted by Gasteiger charge is 2.30. The van der Waals surface area contributed by atoms with E-state index in [-0.39, 0.29) is 13.1 Å². The summed E-state index contributed by atoms with van der Waals surface area (Å²) in [5.41, 5.74) is 0. The van der Waals surface area contributed by atoms with Crippen molar-refractivity contribution >= 4 is 15.9 Å². The Kier molecular flexibility index (Phi) is 5.82. The zero-order valence-corrected chi connectivity index (χ0v) is 7.96. The molecule has 0 fully saturated rings. The zero-order chi connectivity index (χ0) is 9.61. The molecule has 0 amide bonds. The fraction of sp³-hybridized carbons (Fsp3) is 1.00. The van der Waals surface area contributed by atoms with E-state index in [1.807, 2.05) is 0 Å². The highest BCUT2D eigenvalue weighted by molar-refractivity contribution is 9.09. The van der Waals surface area contributed by atoms with Gasteiger partial charge in [0.25, 0.3) is 0 Å². The van der Waals surface area contributed by atoms with E-state index in [0.717, 1.165) is 4.90 Å². The molecule has 0 spiro atoms. The molecule has 0 unspecified atom stereocenters. The first-order chi connectivity index (χ1) is 5.49. The van der Waals surface area contributed by atoms with Crippen molar-refractivity contribution in [2.24, 2.45) is 0 Å². The summed E-state index contributed by atoms with van der Waals surface area (Å²) in [5, 5.41) is 0.420. The van der Waals surface area contributed by atoms with E-state index < -0.39 is 19.4 Å². The van der Waals surface area contributed by atoms with Crippen molar-refractivity contribution in [3.8, 4) is 0 Å². The predicted molar refractivity (Wildman–Crippen MR) is 42.3 cm³/mol. The number of halogens is 5. The summed E-state index contributed by atoms with van der Waals surface area (Å²) in [6.45, 7) is -1.74. The van der Waals surface area contributed by atoms with Crippen LogP contribution in [0.15, 0.2) is 0 Å². The van der Waals surface area contributed by atoms with Crippen molar-refractivity contribution in [2.45, 2.75) is 6.18 Å². The van der Waals surface area contributed by atoms with E-state index in [9.17, 15) is 17.6 Å². The van der Waals surface area contributed by atoms with Crippen LogP contribution in [0.5, 0.6) is 0 Å². The molecule has 0 aliphatic rings. The van der Waals surface area contributed by atoms with Crippen molar-refractivity contribution in [3.05, 3.63) is 0 Å². The van der Waals surface area contributed by atoms with Gasteiger partial charge in [-0.3, -0.25) is 4.90 Å². The lowest BCUT2D eigenvalue weighted by Gasteiger charge is -2.20. The molecule has 0 aliphatic carbocycles. The summed E-state index contributed by atoms with van der Waals surface area (Å²) in [5.74, 6) is 0. The van der Waals surface area contributed by atoms with Gasteiger partial charge in [-0.2, -0.15) is 13.2 Å². The zero-order valence-electron chi connectivity index (χ0n) is 6.37. The lowest BCUT2D eigenvalue weighted by atomic mass is 10.4. The Hall–Kier alpha value is 0.160. The van der Waals surface area contributed by atoms with Crippen molar-refractivity contribution < 1.29 is 17.6 Å². The van der Waals surface area contributed by atoms with Crippen LogP contribution in [-0.2, 0) is 0 Å². The highest BCUT2D eigenvalue weighted by atomic mass is 79.9. The van der Waals surface area contributed by atoms with Crippen LogP contribution < -0.4 is 0 Å². The predicted octanol–water partition coefficient (Wildman–Crippen LogP) is 2.22. The van der Waals surface area contributed by atoms with Crippen LogP contribution in [0.2, 0.25) is 0 Å². The second-order valence-corrected chi connectivity index (χ2v) is 3.06. The van der Waals surface area contributed by atoms with Crippen molar-refractivity contribution in [3.63, 3.8) is 0 Å². The first-order valence-corrected chi connectivity index (χ1v) is 4.53. The van der Waals surface area contributed by atoms with Crippen LogP contribution in [0.4, 0.5) is 17.6 Å². The largest absolute Gasteiger partial charge is 0.401 e. The summed E-state index contributed by atoms with van der Waals surface area (Å²) in [6.07, 6.45) is -4.24. The van der Waals surface area contributed by atoms with E-state index in [4.69, 9.17) is 0 Å². The molecule has 0 saturated heterocycles. The summed E-state index contributed by atoms with van der Waals surface area (Å²) in [7, 11) is 0. The van der Waals surface area contributed by atoms with E-state index in [1.54, 1.807) is 0 Å². The molecule has 0 aromatic rings. The molecule has 0 atom stereocenters. The Morgan fingerprint density at radius 1 is 1.17 bits per heavy atom. The Morgan fingerprint density at radius 3 is 2.08 bits per heavy atom. The van der Waals surface area contributed by atoms with Crippen LogP contribution in [0.1, 0.15) is 0 Å².